The van der Waals surface area contributed by atoms with Gasteiger partial charge < -0.3 is 23.9 Å². The van der Waals surface area contributed by atoms with E-state index in [-0.39, 0.29) is 12.1 Å². The van der Waals surface area contributed by atoms with Crippen molar-refractivity contribution < 1.29 is 18.5 Å². The summed E-state index contributed by atoms with van der Waals surface area (Å²) in [4.78, 5) is 18.8. The molecule has 0 unspecified atom stereocenters. The van der Waals surface area contributed by atoms with Crippen LogP contribution in [-0.2, 0) is 6.54 Å². The molecule has 1 aliphatic heterocycles. The summed E-state index contributed by atoms with van der Waals surface area (Å²) in [6, 6.07) is 10.6. The van der Waals surface area contributed by atoms with Gasteiger partial charge in [0.2, 0.25) is 11.7 Å². The maximum absolute atomic E-state index is 12.5. The fraction of sp³-hybridized carbons (Fsp3) is 0.316. The molecule has 8 nitrogen and oxygen atoms in total. The standard InChI is InChI=1S/C19H20N4O4/c1-25-14-8-6-13(7-9-14)17-21-18(27-22-17)16-5-2-10-23(16)19(24)20-12-15-4-3-11-26-15/h3-4,6-9,11,16H,2,5,10,12H2,1H3,(H,20,24)/t16-/m0/s1. The summed E-state index contributed by atoms with van der Waals surface area (Å²) < 4.78 is 15.9. The SMILES string of the molecule is COc1ccc(-c2noc([C@@H]3CCCN3C(=O)NCc3ccco3)n2)cc1. The predicted octanol–water partition coefficient (Wildman–Crippen LogP) is 3.38. The summed E-state index contributed by atoms with van der Waals surface area (Å²) in [6.07, 6.45) is 3.26. The van der Waals surface area contributed by atoms with Crippen LogP contribution in [0.15, 0.2) is 51.6 Å². The van der Waals surface area contributed by atoms with Gasteiger partial charge in [-0.1, -0.05) is 5.16 Å². The molecule has 3 aromatic rings. The molecule has 1 fully saturated rings. The van der Waals surface area contributed by atoms with Crippen LogP contribution in [0.5, 0.6) is 5.75 Å². The van der Waals surface area contributed by atoms with E-state index in [2.05, 4.69) is 15.5 Å². The number of furan rings is 1. The van der Waals surface area contributed by atoms with E-state index in [4.69, 9.17) is 13.7 Å². The lowest BCUT2D eigenvalue weighted by atomic mass is 10.2. The molecule has 1 atom stereocenters. The largest absolute Gasteiger partial charge is 0.497 e. The topological polar surface area (TPSA) is 93.6 Å². The first-order valence-corrected chi connectivity index (χ1v) is 8.79. The van der Waals surface area contributed by atoms with Crippen LogP contribution in [0.25, 0.3) is 11.4 Å². The van der Waals surface area contributed by atoms with Crippen molar-refractivity contribution in [3.05, 3.63) is 54.3 Å². The molecule has 8 heteroatoms. The zero-order chi connectivity index (χ0) is 18.6. The van der Waals surface area contributed by atoms with Crippen molar-refractivity contribution in [2.45, 2.75) is 25.4 Å². The third-order valence-electron chi connectivity index (χ3n) is 4.58. The molecule has 0 spiro atoms. The molecule has 0 aliphatic carbocycles. The minimum Gasteiger partial charge on any atom is -0.497 e. The van der Waals surface area contributed by atoms with Crippen LogP contribution in [0.3, 0.4) is 0 Å². The van der Waals surface area contributed by atoms with Gasteiger partial charge >= 0.3 is 6.03 Å². The number of carbonyl (C=O) groups is 1. The molecule has 3 heterocycles. The highest BCUT2D eigenvalue weighted by Crippen LogP contribution is 2.32. The molecule has 27 heavy (non-hydrogen) atoms. The highest BCUT2D eigenvalue weighted by molar-refractivity contribution is 5.74. The van der Waals surface area contributed by atoms with E-state index >= 15 is 0 Å². The summed E-state index contributed by atoms with van der Waals surface area (Å²) in [5, 5.41) is 6.93. The number of hydrogen-bond acceptors (Lipinski definition) is 6. The first-order chi connectivity index (χ1) is 13.2. The van der Waals surface area contributed by atoms with E-state index in [9.17, 15) is 4.79 Å². The number of nitrogens with one attached hydrogen (secondary N) is 1. The molecular formula is C19H20N4O4. The van der Waals surface area contributed by atoms with Crippen molar-refractivity contribution in [1.82, 2.24) is 20.4 Å². The second kappa shape index (κ2) is 7.53. The molecule has 1 aromatic carbocycles. The van der Waals surface area contributed by atoms with Gasteiger partial charge in [-0.25, -0.2) is 4.79 Å². The lowest BCUT2D eigenvalue weighted by molar-refractivity contribution is 0.179. The van der Waals surface area contributed by atoms with Crippen molar-refractivity contribution in [3.8, 4) is 17.1 Å². The van der Waals surface area contributed by atoms with Crippen LogP contribution in [0.2, 0.25) is 0 Å². The maximum Gasteiger partial charge on any atom is 0.318 e. The van der Waals surface area contributed by atoms with Crippen LogP contribution in [0.1, 0.15) is 30.5 Å². The number of ether oxygens (including phenoxy) is 1. The van der Waals surface area contributed by atoms with Gasteiger partial charge in [-0.05, 0) is 49.2 Å². The Bertz CT molecular complexity index is 889. The molecule has 1 aliphatic rings. The second-order valence-electron chi connectivity index (χ2n) is 6.27. The lowest BCUT2D eigenvalue weighted by Crippen LogP contribution is -2.39. The van der Waals surface area contributed by atoms with Gasteiger partial charge in [0.25, 0.3) is 0 Å². The highest BCUT2D eigenvalue weighted by atomic mass is 16.5. The molecular weight excluding hydrogens is 348 g/mol. The van der Waals surface area contributed by atoms with Crippen LogP contribution in [-0.4, -0.2) is 34.7 Å². The van der Waals surface area contributed by atoms with Crippen LogP contribution in [0.4, 0.5) is 4.79 Å². The van der Waals surface area contributed by atoms with Crippen molar-refractivity contribution in [1.29, 1.82) is 0 Å². The fourth-order valence-electron chi connectivity index (χ4n) is 3.17. The van der Waals surface area contributed by atoms with E-state index in [0.29, 0.717) is 30.6 Å². The average molecular weight is 368 g/mol. The molecule has 0 radical (unpaired) electrons. The molecule has 0 bridgehead atoms. The Morgan fingerprint density at radius 3 is 2.93 bits per heavy atom. The number of aromatic nitrogens is 2. The van der Waals surface area contributed by atoms with E-state index in [1.54, 1.807) is 24.3 Å². The zero-order valence-corrected chi connectivity index (χ0v) is 14.9. The highest BCUT2D eigenvalue weighted by Gasteiger charge is 2.34. The Morgan fingerprint density at radius 1 is 1.33 bits per heavy atom. The Hall–Kier alpha value is -3.29. The van der Waals surface area contributed by atoms with E-state index < -0.39 is 0 Å². The first-order valence-electron chi connectivity index (χ1n) is 8.79. The summed E-state index contributed by atoms with van der Waals surface area (Å²) in [6.45, 7) is 0.991. The Kier molecular flexibility index (Phi) is 4.78. The molecule has 140 valence electrons. The molecule has 0 saturated carbocycles. The van der Waals surface area contributed by atoms with Crippen molar-refractivity contribution >= 4 is 6.03 Å². The summed E-state index contributed by atoms with van der Waals surface area (Å²) in [5.74, 6) is 2.42. The number of benzene rings is 1. The van der Waals surface area contributed by atoms with Gasteiger partial charge in [-0.3, -0.25) is 0 Å². The zero-order valence-electron chi connectivity index (χ0n) is 14.9. The van der Waals surface area contributed by atoms with Crippen molar-refractivity contribution in [3.63, 3.8) is 0 Å². The quantitative estimate of drug-likeness (QED) is 0.742. The fourth-order valence-corrected chi connectivity index (χ4v) is 3.17. The first kappa shape index (κ1) is 17.1. The summed E-state index contributed by atoms with van der Waals surface area (Å²) in [7, 11) is 1.62. The number of methoxy groups -OCH3 is 1. The number of amides is 2. The van der Waals surface area contributed by atoms with Gasteiger partial charge in [0, 0.05) is 12.1 Å². The van der Waals surface area contributed by atoms with Gasteiger partial charge in [0.15, 0.2) is 0 Å². The van der Waals surface area contributed by atoms with Gasteiger partial charge in [0.1, 0.15) is 17.6 Å². The number of hydrogen-bond donors (Lipinski definition) is 1. The smallest absolute Gasteiger partial charge is 0.318 e. The third kappa shape index (κ3) is 3.64. The Morgan fingerprint density at radius 2 is 2.19 bits per heavy atom. The monoisotopic (exact) mass is 368 g/mol. The van der Waals surface area contributed by atoms with Gasteiger partial charge in [-0.15, -0.1) is 0 Å². The van der Waals surface area contributed by atoms with Crippen molar-refractivity contribution in [2.24, 2.45) is 0 Å². The van der Waals surface area contributed by atoms with Crippen LogP contribution >= 0.6 is 0 Å². The van der Waals surface area contributed by atoms with Crippen LogP contribution in [0, 0.1) is 0 Å². The molecule has 2 amide bonds. The second-order valence-corrected chi connectivity index (χ2v) is 6.27. The minimum atomic E-state index is -0.221. The average Bonchev–Trinajstić information content (AvgIpc) is 3.47. The Labute approximate surface area is 156 Å². The molecule has 1 saturated heterocycles. The third-order valence-corrected chi connectivity index (χ3v) is 4.58. The molecule has 4 rings (SSSR count). The number of nitrogens with zero attached hydrogens (tertiary/aromatic N) is 3. The minimum absolute atomic E-state index is 0.168. The van der Waals surface area contributed by atoms with E-state index in [1.807, 2.05) is 30.3 Å². The van der Waals surface area contributed by atoms with E-state index in [0.717, 1.165) is 24.2 Å². The number of likely N-dealkylation sites (tertiary alicyclic amines) is 1. The van der Waals surface area contributed by atoms with Gasteiger partial charge in [-0.2, -0.15) is 4.98 Å². The summed E-state index contributed by atoms with van der Waals surface area (Å²) >= 11 is 0. The maximum atomic E-state index is 12.5. The van der Waals surface area contributed by atoms with Crippen molar-refractivity contribution in [2.75, 3.05) is 13.7 Å². The number of carbonyl (C=O) groups excluding carboxylic acids is 1. The normalized spacial score (nSPS) is 16.5. The van der Waals surface area contributed by atoms with E-state index in [1.165, 1.54) is 0 Å². The molecule has 2 aromatic heterocycles. The number of urea groups is 1. The van der Waals surface area contributed by atoms with Crippen LogP contribution < -0.4 is 10.1 Å². The summed E-state index contributed by atoms with van der Waals surface area (Å²) in [5.41, 5.74) is 0.831. The predicted molar refractivity (Wildman–Crippen MR) is 95.9 cm³/mol. The Balaban J connectivity index is 1.45. The molecule has 1 N–H and O–H groups in total. The lowest BCUT2D eigenvalue weighted by Gasteiger charge is -2.21. The number of rotatable bonds is 5. The van der Waals surface area contributed by atoms with Gasteiger partial charge in [0.05, 0.1) is 19.9 Å².